The molecule has 12 nitrogen and oxygen atoms in total. The number of fused-ring (bicyclic) bond motifs is 14. The van der Waals surface area contributed by atoms with Gasteiger partial charge < -0.3 is 38.2 Å². The second kappa shape index (κ2) is 61.6. The van der Waals surface area contributed by atoms with Crippen LogP contribution >= 0.6 is 0 Å². The van der Waals surface area contributed by atoms with Crippen molar-refractivity contribution in [3.63, 3.8) is 0 Å². The highest BCUT2D eigenvalue weighted by Crippen LogP contribution is 2.52. The van der Waals surface area contributed by atoms with E-state index in [0.717, 1.165) is 176 Å². The highest BCUT2D eigenvalue weighted by atomic mass is 16.5. The van der Waals surface area contributed by atoms with E-state index in [-0.39, 0.29) is 0 Å². The molecule has 0 aliphatic carbocycles. The highest BCUT2D eigenvalue weighted by molar-refractivity contribution is 6.25. The normalized spacial score (nSPS) is 12.1. The first kappa shape index (κ1) is 102. The molecule has 0 atom stereocenters. The number of unbranched alkanes of at least 4 members (excludes halogenated alkanes) is 54. The molecular formula is C118H174N6O6. The Labute approximate surface area is 788 Å². The minimum atomic E-state index is 0.339. The fraction of sp³-hybridized carbons (Fsp3) is 0.627. The van der Waals surface area contributed by atoms with Crippen LogP contribution in [0.5, 0.6) is 34.5 Å². The Kier molecular flexibility index (Phi) is 48.6. The van der Waals surface area contributed by atoms with E-state index in [4.69, 9.17) is 48.4 Å². The summed E-state index contributed by atoms with van der Waals surface area (Å²) in [5.74, 6) is 7.10. The SMILES string of the molecule is CCCCCCCCCCCCOc1cc(CN2c3nc4c5ccccc5c5ccccc5c4nc3N(Cc3cc(OCCCCCCCCCCCC)c(OCCCCCCCCCCCC)c(OCCCCCCCCCCCC)c3)c3nc4c5ccccc5c5ccccc5c4nc32)cc(OCCCCCCCCCCCC)c1OCCCCCCCCCCCC. The van der Waals surface area contributed by atoms with Crippen molar-refractivity contribution in [2.24, 2.45) is 0 Å². The molecule has 12 heteroatoms. The van der Waals surface area contributed by atoms with Crippen molar-refractivity contribution < 1.29 is 28.4 Å². The molecule has 0 saturated heterocycles. The number of anilines is 4. The van der Waals surface area contributed by atoms with Crippen molar-refractivity contribution in [2.45, 2.75) is 440 Å². The zero-order valence-electron chi connectivity index (χ0n) is 82.8. The average Bonchev–Trinajstić information content (AvgIpc) is 0.704. The molecule has 0 N–H and O–H groups in total. The van der Waals surface area contributed by atoms with Gasteiger partial charge in [-0.3, -0.25) is 0 Å². The molecule has 0 radical (unpaired) electrons. The topological polar surface area (TPSA) is 113 Å². The van der Waals surface area contributed by atoms with Crippen LogP contribution in [0.25, 0.3) is 65.2 Å². The minimum absolute atomic E-state index is 0.339. The van der Waals surface area contributed by atoms with Crippen LogP contribution in [0.1, 0.15) is 438 Å². The van der Waals surface area contributed by atoms with Crippen LogP contribution in [-0.4, -0.2) is 59.6 Å². The summed E-state index contributed by atoms with van der Waals surface area (Å²) in [6.07, 6.45) is 75.1. The maximum Gasteiger partial charge on any atom is 0.203 e. The number of nitrogens with zero attached hydrogens (tertiary/aromatic N) is 6. The Morgan fingerprint density at radius 2 is 0.338 bits per heavy atom. The minimum Gasteiger partial charge on any atom is -0.490 e. The molecule has 130 heavy (non-hydrogen) atoms. The standard InChI is InChI=1S/C118H174N6O6/c1-7-13-19-25-31-37-43-49-55-69-83-125-105-89-95(90-106(126-84-70-56-50-44-38-32-26-20-14-8-2)113(105)129-87-73-59-53-47-41-35-29-23-17-11-5)93-123-115-117(121-111-103-81-67-63-77-99(103)97-75-61-65-79-101(97)109(111)119-115)124(118-116(123)120-110-102-80-66-62-76-98(102)100-78-64-68-82-104(100)112(110)122-118)94-96-91-107(127-85-71-57-51-45-39-33-27-21-15-9-3)114(130-88-74-60-54-48-42-36-30-24-18-12-6)108(92-96)128-86-72-58-52-46-40-34-28-22-16-10-4/h61-68,75-82,89-92H,7-60,69-74,83-88,93-94H2,1-6H3. The van der Waals surface area contributed by atoms with E-state index in [2.05, 4.69) is 173 Å². The van der Waals surface area contributed by atoms with Crippen molar-refractivity contribution in [1.29, 1.82) is 0 Å². The summed E-state index contributed by atoms with van der Waals surface area (Å²) in [6.45, 7) is 18.0. The second-order valence-electron chi connectivity index (χ2n) is 38.5. The van der Waals surface area contributed by atoms with Crippen LogP contribution < -0.4 is 38.2 Å². The molecule has 10 aromatic rings. The summed E-state index contributed by atoms with van der Waals surface area (Å²) in [7, 11) is 0. The van der Waals surface area contributed by atoms with Gasteiger partial charge in [-0.2, -0.15) is 0 Å². The molecule has 1 aliphatic rings. The van der Waals surface area contributed by atoms with Crippen molar-refractivity contribution in [2.75, 3.05) is 49.4 Å². The van der Waals surface area contributed by atoms with E-state index >= 15 is 0 Å². The molecule has 0 amide bonds. The van der Waals surface area contributed by atoms with Gasteiger partial charge in [-0.15, -0.1) is 0 Å². The summed E-state index contributed by atoms with van der Waals surface area (Å²) < 4.78 is 43.3. The number of hydrogen-bond donors (Lipinski definition) is 0. The lowest BCUT2D eigenvalue weighted by atomic mass is 9.99. The first-order valence-electron chi connectivity index (χ1n) is 54.3. The van der Waals surface area contributed by atoms with Gasteiger partial charge in [0.15, 0.2) is 46.3 Å². The first-order valence-corrected chi connectivity index (χ1v) is 54.3. The smallest absolute Gasteiger partial charge is 0.203 e. The summed E-state index contributed by atoms with van der Waals surface area (Å²) >= 11 is 0. The third-order valence-electron chi connectivity index (χ3n) is 27.4. The lowest BCUT2D eigenvalue weighted by Crippen LogP contribution is -2.32. The highest BCUT2D eigenvalue weighted by Gasteiger charge is 2.37. The summed E-state index contributed by atoms with van der Waals surface area (Å²) in [6, 6.07) is 44.1. The number of aromatic nitrogens is 4. The van der Waals surface area contributed by atoms with Crippen LogP contribution in [0, 0.1) is 0 Å². The predicted molar refractivity (Wildman–Crippen MR) is 558 cm³/mol. The number of rotatable bonds is 76. The largest absolute Gasteiger partial charge is 0.490 e. The average molecular weight is 1770 g/mol. The van der Waals surface area contributed by atoms with Crippen molar-refractivity contribution in [3.05, 3.63) is 132 Å². The quantitative estimate of drug-likeness (QED) is 0.0267. The molecule has 0 unspecified atom stereocenters. The Balaban J connectivity index is 1.04. The Morgan fingerprint density at radius 3 is 0.515 bits per heavy atom. The van der Waals surface area contributed by atoms with E-state index in [1.54, 1.807) is 0 Å². The van der Waals surface area contributed by atoms with Gasteiger partial charge in [-0.25, -0.2) is 19.9 Å². The van der Waals surface area contributed by atoms with E-state index in [0.29, 0.717) is 87.5 Å². The first-order chi connectivity index (χ1) is 64.5. The second-order valence-corrected chi connectivity index (χ2v) is 38.5. The van der Waals surface area contributed by atoms with Crippen LogP contribution in [-0.2, 0) is 13.1 Å². The summed E-state index contributed by atoms with van der Waals surface area (Å²) in [5, 5.41) is 8.72. The van der Waals surface area contributed by atoms with Gasteiger partial charge in [0.05, 0.1) is 74.8 Å². The maximum absolute atomic E-state index is 7.25. The molecule has 1 aliphatic heterocycles. The lowest BCUT2D eigenvalue weighted by Gasteiger charge is -2.37. The van der Waals surface area contributed by atoms with Gasteiger partial charge in [-0.1, -0.05) is 485 Å². The molecule has 712 valence electrons. The fourth-order valence-corrected chi connectivity index (χ4v) is 19.6. The van der Waals surface area contributed by atoms with Gasteiger partial charge in [0.25, 0.3) is 0 Å². The van der Waals surface area contributed by atoms with Crippen molar-refractivity contribution in [1.82, 2.24) is 19.9 Å². The molecular weight excluding hydrogens is 1600 g/mol. The van der Waals surface area contributed by atoms with Gasteiger partial charge in [0, 0.05) is 21.5 Å². The fourth-order valence-electron chi connectivity index (χ4n) is 19.6. The van der Waals surface area contributed by atoms with Gasteiger partial charge in [-0.05, 0) is 95.5 Å². The zero-order chi connectivity index (χ0) is 90.3. The third kappa shape index (κ3) is 33.2. The molecule has 11 rings (SSSR count). The molecule has 8 aromatic carbocycles. The van der Waals surface area contributed by atoms with E-state index < -0.39 is 0 Å². The molecule has 2 aromatic heterocycles. The summed E-state index contributed by atoms with van der Waals surface area (Å²) in [5.41, 5.74) is 5.31. The Hall–Kier alpha value is -8.12. The van der Waals surface area contributed by atoms with Crippen LogP contribution in [0.15, 0.2) is 121 Å². The third-order valence-corrected chi connectivity index (χ3v) is 27.4. The van der Waals surface area contributed by atoms with Crippen LogP contribution in [0.2, 0.25) is 0 Å². The molecule has 0 saturated carbocycles. The molecule has 0 spiro atoms. The van der Waals surface area contributed by atoms with Gasteiger partial charge in [0.1, 0.15) is 0 Å². The monoisotopic (exact) mass is 1770 g/mol. The molecule has 3 heterocycles. The van der Waals surface area contributed by atoms with Crippen LogP contribution in [0.4, 0.5) is 23.3 Å². The Morgan fingerprint density at radius 1 is 0.185 bits per heavy atom. The van der Waals surface area contributed by atoms with E-state index in [1.807, 2.05) is 0 Å². The van der Waals surface area contributed by atoms with Gasteiger partial charge in [0.2, 0.25) is 11.5 Å². The molecule has 0 bridgehead atoms. The van der Waals surface area contributed by atoms with Crippen LogP contribution in [0.3, 0.4) is 0 Å². The van der Waals surface area contributed by atoms with Gasteiger partial charge >= 0.3 is 0 Å². The summed E-state index contributed by atoms with van der Waals surface area (Å²) in [4.78, 5) is 29.2. The van der Waals surface area contributed by atoms with E-state index in [9.17, 15) is 0 Å². The molecule has 0 fully saturated rings. The number of hydrogen-bond acceptors (Lipinski definition) is 12. The van der Waals surface area contributed by atoms with Crippen molar-refractivity contribution in [3.8, 4) is 34.5 Å². The maximum atomic E-state index is 7.25. The zero-order valence-corrected chi connectivity index (χ0v) is 82.8. The lowest BCUT2D eigenvalue weighted by molar-refractivity contribution is 0.234. The van der Waals surface area contributed by atoms with Crippen molar-refractivity contribution >= 4 is 88.4 Å². The number of benzene rings is 8. The Bertz CT molecular complexity index is 4230. The number of ether oxygens (including phenoxy) is 6. The predicted octanol–water partition coefficient (Wildman–Crippen LogP) is 37.0. The van der Waals surface area contributed by atoms with E-state index in [1.165, 1.54) is 308 Å².